The number of aryl methyl sites for hydroxylation is 2. The van der Waals surface area contributed by atoms with Gasteiger partial charge in [0.2, 0.25) is 5.91 Å². The van der Waals surface area contributed by atoms with E-state index in [0.29, 0.717) is 33.9 Å². The van der Waals surface area contributed by atoms with Crippen LogP contribution >= 0.6 is 23.1 Å². The van der Waals surface area contributed by atoms with Gasteiger partial charge in [-0.1, -0.05) is 30.0 Å². The van der Waals surface area contributed by atoms with Crippen molar-refractivity contribution in [3.05, 3.63) is 16.9 Å². The first-order chi connectivity index (χ1) is 11.5. The highest BCUT2D eigenvalue weighted by Crippen LogP contribution is 2.27. The molecule has 0 bridgehead atoms. The Balaban J connectivity index is 2.06. The number of rotatable bonds is 7. The maximum atomic E-state index is 12.5. The first-order valence-electron chi connectivity index (χ1n) is 7.42. The Morgan fingerprint density at radius 3 is 2.79 bits per heavy atom. The molecule has 1 N–H and O–H groups in total. The number of carbonyl (C=O) groups is 2. The number of thioether (sulfide) groups is 1. The normalized spacial score (nSPS) is 12.0. The van der Waals surface area contributed by atoms with Crippen molar-refractivity contribution in [3.63, 3.8) is 0 Å². The van der Waals surface area contributed by atoms with E-state index >= 15 is 0 Å². The average Bonchev–Trinajstić information content (AvgIpc) is 3.10. The predicted molar refractivity (Wildman–Crippen MR) is 92.4 cm³/mol. The predicted octanol–water partition coefficient (Wildman–Crippen LogP) is 2.27. The van der Waals surface area contributed by atoms with Crippen molar-refractivity contribution in [1.29, 1.82) is 0 Å². The van der Waals surface area contributed by atoms with Crippen molar-refractivity contribution in [2.75, 3.05) is 11.9 Å². The van der Waals surface area contributed by atoms with Gasteiger partial charge in [-0.25, -0.2) is 9.78 Å². The number of nitrogens with zero attached hydrogens (tertiary/aromatic N) is 4. The van der Waals surface area contributed by atoms with E-state index in [-0.39, 0.29) is 11.2 Å². The highest BCUT2D eigenvalue weighted by Gasteiger charge is 2.23. The van der Waals surface area contributed by atoms with E-state index in [1.165, 1.54) is 11.8 Å². The number of hydrogen-bond donors (Lipinski definition) is 1. The minimum absolute atomic E-state index is 0.186. The Morgan fingerprint density at radius 1 is 1.46 bits per heavy atom. The fourth-order valence-electron chi connectivity index (χ4n) is 1.85. The van der Waals surface area contributed by atoms with Gasteiger partial charge in [0.25, 0.3) is 0 Å². The number of hydrogen-bond acceptors (Lipinski definition) is 8. The van der Waals surface area contributed by atoms with Crippen molar-refractivity contribution in [2.24, 2.45) is 7.05 Å². The second-order valence-electron chi connectivity index (χ2n) is 4.88. The van der Waals surface area contributed by atoms with Crippen molar-refractivity contribution < 1.29 is 14.3 Å². The van der Waals surface area contributed by atoms with Gasteiger partial charge in [-0.05, 0) is 20.3 Å². The second kappa shape index (κ2) is 8.25. The summed E-state index contributed by atoms with van der Waals surface area (Å²) in [6.45, 7) is 5.67. The van der Waals surface area contributed by atoms with E-state index < -0.39 is 5.97 Å². The zero-order chi connectivity index (χ0) is 17.7. The molecule has 1 unspecified atom stereocenters. The summed E-state index contributed by atoms with van der Waals surface area (Å²) in [5.41, 5.74) is 0.544. The molecule has 0 aliphatic rings. The van der Waals surface area contributed by atoms with Crippen molar-refractivity contribution in [2.45, 2.75) is 37.6 Å². The highest BCUT2D eigenvalue weighted by atomic mass is 32.2. The van der Waals surface area contributed by atoms with Gasteiger partial charge >= 0.3 is 5.97 Å². The number of amides is 1. The topological polar surface area (TPSA) is 99.0 Å². The van der Waals surface area contributed by atoms with Gasteiger partial charge in [-0.3, -0.25) is 4.79 Å². The summed E-state index contributed by atoms with van der Waals surface area (Å²) in [4.78, 5) is 28.9. The van der Waals surface area contributed by atoms with Crippen LogP contribution in [0.2, 0.25) is 0 Å². The molecule has 2 aromatic rings. The summed E-state index contributed by atoms with van der Waals surface area (Å²) in [5.74, 6) is -0.608. The third-order valence-corrected chi connectivity index (χ3v) is 5.53. The lowest BCUT2D eigenvalue weighted by atomic mass is 10.3. The third kappa shape index (κ3) is 4.32. The molecule has 0 aromatic carbocycles. The number of anilines is 1. The average molecular weight is 369 g/mol. The van der Waals surface area contributed by atoms with Crippen LogP contribution in [0.25, 0.3) is 0 Å². The molecule has 0 spiro atoms. The van der Waals surface area contributed by atoms with Crippen LogP contribution < -0.4 is 5.32 Å². The molecule has 0 aliphatic heterocycles. The first kappa shape index (κ1) is 18.4. The molecule has 1 amide bonds. The summed E-state index contributed by atoms with van der Waals surface area (Å²) < 4.78 is 6.73. The Morgan fingerprint density at radius 2 is 2.21 bits per heavy atom. The van der Waals surface area contributed by atoms with Crippen LogP contribution in [-0.4, -0.2) is 43.5 Å². The van der Waals surface area contributed by atoms with E-state index in [2.05, 4.69) is 20.5 Å². The number of ether oxygens (including phenoxy) is 1. The molecule has 0 aliphatic carbocycles. The summed E-state index contributed by atoms with van der Waals surface area (Å²) in [6, 6.07) is 0. The Kier molecular flexibility index (Phi) is 6.32. The summed E-state index contributed by atoms with van der Waals surface area (Å²) in [6.07, 6.45) is 2.21. The molecule has 8 nitrogen and oxygen atoms in total. The summed E-state index contributed by atoms with van der Waals surface area (Å²) >= 11 is 2.45. The van der Waals surface area contributed by atoms with E-state index in [4.69, 9.17) is 4.74 Å². The quantitative estimate of drug-likeness (QED) is 0.590. The zero-order valence-electron chi connectivity index (χ0n) is 13.9. The molecule has 0 radical (unpaired) electrons. The second-order valence-corrected chi connectivity index (χ2v) is 7.05. The van der Waals surface area contributed by atoms with Gasteiger partial charge in [-0.15, -0.1) is 10.2 Å². The van der Waals surface area contributed by atoms with E-state index in [9.17, 15) is 9.59 Å². The van der Waals surface area contributed by atoms with Crippen molar-refractivity contribution in [1.82, 2.24) is 19.7 Å². The number of carbonyl (C=O) groups excluding carboxylic acids is 2. The Labute approximate surface area is 148 Å². The van der Waals surface area contributed by atoms with Gasteiger partial charge < -0.3 is 14.6 Å². The lowest BCUT2D eigenvalue weighted by Crippen LogP contribution is -2.24. The van der Waals surface area contributed by atoms with E-state index in [1.807, 2.05) is 14.0 Å². The monoisotopic (exact) mass is 369 g/mol. The highest BCUT2D eigenvalue weighted by molar-refractivity contribution is 8.00. The number of thiazole rings is 1. The fourth-order valence-corrected chi connectivity index (χ4v) is 3.61. The molecule has 130 valence electrons. The van der Waals surface area contributed by atoms with Crippen LogP contribution in [0.15, 0.2) is 11.5 Å². The SMILES string of the molecule is CCOC(=O)c1sc(NC(=O)C(CC)Sc2nncn2C)nc1C. The van der Waals surface area contributed by atoms with Crippen LogP contribution in [0.5, 0.6) is 0 Å². The van der Waals surface area contributed by atoms with E-state index in [0.717, 1.165) is 11.3 Å². The molecule has 2 aromatic heterocycles. The molecule has 0 saturated carbocycles. The summed E-state index contributed by atoms with van der Waals surface area (Å²) in [5, 5.41) is 11.3. The van der Waals surface area contributed by atoms with Crippen LogP contribution in [0.1, 0.15) is 35.6 Å². The van der Waals surface area contributed by atoms with Gasteiger partial charge in [0.05, 0.1) is 17.6 Å². The van der Waals surface area contributed by atoms with Gasteiger partial charge in [0.1, 0.15) is 11.2 Å². The summed E-state index contributed by atoms with van der Waals surface area (Å²) in [7, 11) is 1.82. The lowest BCUT2D eigenvalue weighted by Gasteiger charge is -2.12. The number of esters is 1. The van der Waals surface area contributed by atoms with Crippen LogP contribution in [0.3, 0.4) is 0 Å². The first-order valence-corrected chi connectivity index (χ1v) is 9.11. The largest absolute Gasteiger partial charge is 0.462 e. The Hall–Kier alpha value is -1.94. The molecule has 0 fully saturated rings. The maximum absolute atomic E-state index is 12.5. The molecular weight excluding hydrogens is 350 g/mol. The van der Waals surface area contributed by atoms with Crippen molar-refractivity contribution in [3.8, 4) is 0 Å². The van der Waals surface area contributed by atoms with Crippen molar-refractivity contribution >= 4 is 40.1 Å². The lowest BCUT2D eigenvalue weighted by molar-refractivity contribution is -0.115. The number of aromatic nitrogens is 4. The standard InChI is InChI=1S/C14H19N5O3S2/c1-5-9(23-14-18-15-7-19(14)4)11(20)17-13-16-8(3)10(24-13)12(21)22-6-2/h7,9H,5-6H2,1-4H3,(H,16,17,20). The van der Waals surface area contributed by atoms with Gasteiger partial charge in [0.15, 0.2) is 10.3 Å². The maximum Gasteiger partial charge on any atom is 0.350 e. The molecule has 1 atom stereocenters. The van der Waals surface area contributed by atoms with E-state index in [1.54, 1.807) is 24.7 Å². The molecule has 0 saturated heterocycles. The zero-order valence-corrected chi connectivity index (χ0v) is 15.5. The molecule has 10 heteroatoms. The minimum atomic E-state index is -0.423. The van der Waals surface area contributed by atoms with Crippen LogP contribution in [0.4, 0.5) is 5.13 Å². The van der Waals surface area contributed by atoms with Gasteiger partial charge in [-0.2, -0.15) is 0 Å². The molecule has 2 heterocycles. The molecular formula is C14H19N5O3S2. The smallest absolute Gasteiger partial charge is 0.350 e. The fraction of sp³-hybridized carbons (Fsp3) is 0.500. The third-order valence-electron chi connectivity index (χ3n) is 3.07. The number of nitrogens with one attached hydrogen (secondary N) is 1. The minimum Gasteiger partial charge on any atom is -0.462 e. The van der Waals surface area contributed by atoms with Crippen LogP contribution in [0, 0.1) is 6.92 Å². The Bertz CT molecular complexity index is 728. The van der Waals surface area contributed by atoms with Gasteiger partial charge in [0, 0.05) is 7.05 Å². The molecule has 24 heavy (non-hydrogen) atoms. The van der Waals surface area contributed by atoms with Crippen LogP contribution in [-0.2, 0) is 16.6 Å². The molecule has 2 rings (SSSR count).